The van der Waals surface area contributed by atoms with Gasteiger partial charge in [-0.25, -0.2) is 23.7 Å². The van der Waals surface area contributed by atoms with Crippen LogP contribution in [0, 0.1) is 15.9 Å². The molecule has 0 aliphatic carbocycles. The molecular formula is C22H32FN3O8. The third kappa shape index (κ3) is 9.59. The summed E-state index contributed by atoms with van der Waals surface area (Å²) in [5.74, 6) is -1.03. The van der Waals surface area contributed by atoms with E-state index in [0.29, 0.717) is 11.0 Å². The number of carbonyl (C=O) groups excluding carboxylic acids is 3. The number of hydrogen-bond acceptors (Lipinski definition) is 8. The van der Waals surface area contributed by atoms with E-state index in [1.54, 1.807) is 62.3 Å². The van der Waals surface area contributed by atoms with Crippen molar-refractivity contribution in [3.8, 4) is 0 Å². The maximum Gasteiger partial charge on any atom is 0.420 e. The van der Waals surface area contributed by atoms with Crippen molar-refractivity contribution in [2.24, 2.45) is 0 Å². The van der Waals surface area contributed by atoms with Crippen molar-refractivity contribution in [3.05, 3.63) is 33.6 Å². The third-order valence-corrected chi connectivity index (χ3v) is 3.57. The Kier molecular flexibility index (Phi) is 8.60. The second kappa shape index (κ2) is 10.2. The number of rotatable bonds is 4. The van der Waals surface area contributed by atoms with E-state index < -0.39 is 58.1 Å². The highest BCUT2D eigenvalue weighted by atomic mass is 19.1. The van der Waals surface area contributed by atoms with Crippen LogP contribution in [0.5, 0.6) is 0 Å². The molecule has 0 aliphatic rings. The topological polar surface area (TPSA) is 137 Å². The van der Waals surface area contributed by atoms with E-state index in [9.17, 15) is 28.9 Å². The van der Waals surface area contributed by atoms with Gasteiger partial charge in [0.15, 0.2) is 0 Å². The maximum absolute atomic E-state index is 14.2. The van der Waals surface area contributed by atoms with Crippen molar-refractivity contribution in [1.82, 2.24) is 4.90 Å². The lowest BCUT2D eigenvalue weighted by atomic mass is 10.1. The molecule has 1 aromatic rings. The third-order valence-electron chi connectivity index (χ3n) is 3.57. The van der Waals surface area contributed by atoms with Crippen molar-refractivity contribution in [2.45, 2.75) is 85.7 Å². The second-order valence-electron chi connectivity index (χ2n) is 10.4. The average molecular weight is 486 g/mol. The summed E-state index contributed by atoms with van der Waals surface area (Å²) < 4.78 is 29.8. The van der Waals surface area contributed by atoms with Gasteiger partial charge in [-0.3, -0.25) is 15.4 Å². The molecule has 0 saturated carbocycles. The summed E-state index contributed by atoms with van der Waals surface area (Å²) in [5.41, 5.74) is -4.41. The lowest BCUT2D eigenvalue weighted by molar-refractivity contribution is -0.385. The van der Waals surface area contributed by atoms with Gasteiger partial charge < -0.3 is 14.2 Å². The van der Waals surface area contributed by atoms with Crippen LogP contribution in [0.1, 0.15) is 67.9 Å². The Labute approximate surface area is 197 Å². The first kappa shape index (κ1) is 28.6. The number of anilines is 1. The van der Waals surface area contributed by atoms with Crippen molar-refractivity contribution in [1.29, 1.82) is 0 Å². The summed E-state index contributed by atoms with van der Waals surface area (Å²) in [6.07, 6.45) is -3.32. The molecule has 0 aromatic heterocycles. The quantitative estimate of drug-likeness (QED) is 0.323. The van der Waals surface area contributed by atoms with Crippen molar-refractivity contribution >= 4 is 29.7 Å². The summed E-state index contributed by atoms with van der Waals surface area (Å²) in [5, 5.41) is 13.9. The Hall–Kier alpha value is -3.44. The number of benzene rings is 1. The number of nitrogens with one attached hydrogen (secondary N) is 1. The second-order valence-corrected chi connectivity index (χ2v) is 10.4. The van der Waals surface area contributed by atoms with Gasteiger partial charge in [-0.15, -0.1) is 0 Å². The molecule has 1 aromatic carbocycles. The number of nitro groups is 1. The molecule has 1 rings (SSSR count). The summed E-state index contributed by atoms with van der Waals surface area (Å²) in [4.78, 5) is 49.2. The zero-order valence-electron chi connectivity index (χ0n) is 20.9. The van der Waals surface area contributed by atoms with E-state index in [2.05, 4.69) is 5.32 Å². The SMILES string of the molecule is CC(C)(C)OC(=O)Nc1cc(F)cc([N+](=O)[O-])c1CN(C(=O)OC(C)(C)C)C(=O)OC(C)(C)C. The number of nitrogens with zero attached hydrogens (tertiary/aromatic N) is 2. The van der Waals surface area contributed by atoms with Gasteiger partial charge in [0.1, 0.15) is 22.6 Å². The summed E-state index contributed by atoms with van der Waals surface area (Å²) >= 11 is 0. The van der Waals surface area contributed by atoms with Crippen LogP contribution in [0.15, 0.2) is 12.1 Å². The minimum Gasteiger partial charge on any atom is -0.444 e. The van der Waals surface area contributed by atoms with E-state index in [0.717, 1.165) is 6.07 Å². The predicted molar refractivity (Wildman–Crippen MR) is 121 cm³/mol. The Balaban J connectivity index is 3.56. The first-order valence-corrected chi connectivity index (χ1v) is 10.4. The summed E-state index contributed by atoms with van der Waals surface area (Å²) in [7, 11) is 0. The van der Waals surface area contributed by atoms with Crippen molar-refractivity contribution in [2.75, 3.05) is 5.32 Å². The highest BCUT2D eigenvalue weighted by Crippen LogP contribution is 2.31. The number of hydrogen-bond donors (Lipinski definition) is 1. The number of imide groups is 1. The molecule has 12 heteroatoms. The molecule has 0 heterocycles. The predicted octanol–water partition coefficient (Wildman–Crippen LogP) is 5.75. The van der Waals surface area contributed by atoms with Crippen LogP contribution in [-0.4, -0.2) is 44.9 Å². The molecule has 3 amide bonds. The van der Waals surface area contributed by atoms with E-state index in [1.165, 1.54) is 0 Å². The minimum atomic E-state index is -1.15. The van der Waals surface area contributed by atoms with Gasteiger partial charge in [-0.2, -0.15) is 0 Å². The molecule has 1 N–H and O–H groups in total. The first-order valence-electron chi connectivity index (χ1n) is 10.4. The first-order chi connectivity index (χ1) is 15.2. The molecule has 190 valence electrons. The molecule has 11 nitrogen and oxygen atoms in total. The maximum atomic E-state index is 14.2. The van der Waals surface area contributed by atoms with Gasteiger partial charge in [0.25, 0.3) is 5.69 Å². The lowest BCUT2D eigenvalue weighted by Crippen LogP contribution is -2.43. The van der Waals surface area contributed by atoms with Gasteiger partial charge >= 0.3 is 18.3 Å². The molecule has 0 fully saturated rings. The van der Waals surface area contributed by atoms with Crippen LogP contribution >= 0.6 is 0 Å². The van der Waals surface area contributed by atoms with Crippen LogP contribution in [-0.2, 0) is 20.8 Å². The average Bonchev–Trinajstić information content (AvgIpc) is 2.55. The molecule has 34 heavy (non-hydrogen) atoms. The van der Waals surface area contributed by atoms with Crippen LogP contribution < -0.4 is 5.32 Å². The monoisotopic (exact) mass is 485 g/mol. The molecular weight excluding hydrogens is 453 g/mol. The smallest absolute Gasteiger partial charge is 0.420 e. The highest BCUT2D eigenvalue weighted by molar-refractivity contribution is 5.90. The molecule has 0 bridgehead atoms. The fourth-order valence-electron chi connectivity index (χ4n) is 2.47. The van der Waals surface area contributed by atoms with E-state index in [4.69, 9.17) is 14.2 Å². The Morgan fingerprint density at radius 3 is 1.74 bits per heavy atom. The van der Waals surface area contributed by atoms with Gasteiger partial charge in [-0.1, -0.05) is 0 Å². The van der Waals surface area contributed by atoms with Crippen LogP contribution in [0.2, 0.25) is 0 Å². The number of halogens is 1. The van der Waals surface area contributed by atoms with Crippen molar-refractivity contribution < 1.29 is 37.9 Å². The summed E-state index contributed by atoms with van der Waals surface area (Å²) in [6.45, 7) is 13.4. The number of ether oxygens (including phenoxy) is 3. The molecule has 0 spiro atoms. The fourth-order valence-corrected chi connectivity index (χ4v) is 2.47. The van der Waals surface area contributed by atoms with E-state index >= 15 is 0 Å². The van der Waals surface area contributed by atoms with Crippen LogP contribution in [0.3, 0.4) is 0 Å². The Bertz CT molecular complexity index is 931. The Morgan fingerprint density at radius 1 is 0.912 bits per heavy atom. The van der Waals surface area contributed by atoms with Crippen LogP contribution in [0.25, 0.3) is 0 Å². The minimum absolute atomic E-state index is 0.339. The summed E-state index contributed by atoms with van der Waals surface area (Å²) in [6, 6.07) is 1.42. The molecule has 0 atom stereocenters. The molecule has 0 unspecified atom stereocenters. The standard InChI is InChI=1S/C22H32FN3O8/c1-20(2,3)32-17(27)24-15-10-13(23)11-16(26(30)31)14(15)12-25(18(28)33-21(4,5)6)19(29)34-22(7,8)9/h10-11H,12H2,1-9H3,(H,24,27). The largest absolute Gasteiger partial charge is 0.444 e. The zero-order chi connectivity index (χ0) is 26.6. The van der Waals surface area contributed by atoms with E-state index in [-0.39, 0.29) is 11.3 Å². The normalized spacial score (nSPS) is 11.9. The van der Waals surface area contributed by atoms with Crippen LogP contribution in [0.4, 0.5) is 30.1 Å². The van der Waals surface area contributed by atoms with Gasteiger partial charge in [0, 0.05) is 0 Å². The molecule has 0 aliphatic heterocycles. The number of amides is 3. The van der Waals surface area contributed by atoms with Crippen molar-refractivity contribution in [3.63, 3.8) is 0 Å². The number of nitro benzene ring substituents is 1. The lowest BCUT2D eigenvalue weighted by Gasteiger charge is -2.29. The number of carbonyl (C=O) groups is 3. The zero-order valence-corrected chi connectivity index (χ0v) is 20.9. The Morgan fingerprint density at radius 2 is 1.35 bits per heavy atom. The van der Waals surface area contributed by atoms with E-state index in [1.807, 2.05) is 0 Å². The fraction of sp³-hybridized carbons (Fsp3) is 0.591. The van der Waals surface area contributed by atoms with Gasteiger partial charge in [-0.05, 0) is 68.4 Å². The van der Waals surface area contributed by atoms with Gasteiger partial charge in [0.05, 0.1) is 28.8 Å². The highest BCUT2D eigenvalue weighted by Gasteiger charge is 2.34. The molecule has 0 radical (unpaired) electrons. The molecule has 0 saturated heterocycles. The van der Waals surface area contributed by atoms with Gasteiger partial charge in [0.2, 0.25) is 0 Å².